The molecule has 6 heteroatoms. The minimum Gasteiger partial charge on any atom is -0.462 e. The molecule has 1 unspecified atom stereocenters. The summed E-state index contributed by atoms with van der Waals surface area (Å²) in [6.45, 7) is 6.34. The molecule has 74 heavy (non-hydrogen) atoms. The molecule has 0 aromatic heterocycles. The lowest BCUT2D eigenvalue weighted by Gasteiger charge is -2.18. The van der Waals surface area contributed by atoms with Crippen molar-refractivity contribution in [2.75, 3.05) is 13.2 Å². The van der Waals surface area contributed by atoms with Crippen LogP contribution < -0.4 is 0 Å². The molecule has 0 aliphatic heterocycles. The summed E-state index contributed by atoms with van der Waals surface area (Å²) in [6.07, 6.45) is 87.1. The summed E-state index contributed by atoms with van der Waals surface area (Å²) in [4.78, 5) is 38.1. The first-order valence-electron chi connectivity index (χ1n) is 29.8. The van der Waals surface area contributed by atoms with Gasteiger partial charge in [-0.25, -0.2) is 0 Å². The molecule has 0 aromatic rings. The first-order valence-corrected chi connectivity index (χ1v) is 29.8. The van der Waals surface area contributed by atoms with Crippen LogP contribution in [0.4, 0.5) is 0 Å². The third kappa shape index (κ3) is 58.2. The first kappa shape index (κ1) is 69.3. The summed E-state index contributed by atoms with van der Waals surface area (Å²) in [5.41, 5.74) is 0. The van der Waals surface area contributed by atoms with Gasteiger partial charge in [0.25, 0.3) is 0 Å². The zero-order valence-corrected chi connectivity index (χ0v) is 47.5. The molecule has 0 radical (unpaired) electrons. The van der Waals surface area contributed by atoms with Gasteiger partial charge >= 0.3 is 17.9 Å². The largest absolute Gasteiger partial charge is 0.462 e. The molecule has 0 aliphatic rings. The van der Waals surface area contributed by atoms with Crippen LogP contribution in [0.1, 0.15) is 245 Å². The summed E-state index contributed by atoms with van der Waals surface area (Å²) in [7, 11) is 0. The number of ether oxygens (including phenoxy) is 3. The molecule has 0 N–H and O–H groups in total. The number of carbonyl (C=O) groups excluding carboxylic acids is 3. The van der Waals surface area contributed by atoms with Crippen LogP contribution in [0.3, 0.4) is 0 Å². The van der Waals surface area contributed by atoms with Crippen molar-refractivity contribution in [1.82, 2.24) is 0 Å². The number of hydrogen-bond acceptors (Lipinski definition) is 6. The van der Waals surface area contributed by atoms with Gasteiger partial charge in [0.05, 0.1) is 0 Å². The molecule has 0 aliphatic carbocycles. The summed E-state index contributed by atoms with van der Waals surface area (Å²) in [5, 5.41) is 0. The summed E-state index contributed by atoms with van der Waals surface area (Å²) in [5.74, 6) is -0.948. The fraction of sp³-hybridized carbons (Fsp3) is 0.603. The number of esters is 3. The lowest BCUT2D eigenvalue weighted by atomic mass is 10.1. The topological polar surface area (TPSA) is 78.9 Å². The quantitative estimate of drug-likeness (QED) is 0.0261. The Kier molecular flexibility index (Phi) is 57.0. The van der Waals surface area contributed by atoms with Crippen LogP contribution in [0, 0.1) is 0 Å². The fourth-order valence-corrected chi connectivity index (χ4v) is 7.68. The highest BCUT2D eigenvalue weighted by Gasteiger charge is 2.19. The SMILES string of the molecule is CC/C=C\C/C=C\C/C=C\C/C=C\C/C=C\C/C=C\CCCCCCCCC(=O)OCC(COC(=O)CCCCCCCCCC)OC(=O)CCCCCC/C=C\C/C=C\C/C=C\C/C=C\C/C=C\C/C=C\CC. The van der Waals surface area contributed by atoms with Crippen molar-refractivity contribution >= 4 is 17.9 Å². The van der Waals surface area contributed by atoms with Gasteiger partial charge in [-0.15, -0.1) is 0 Å². The minimum absolute atomic E-state index is 0.0978. The van der Waals surface area contributed by atoms with E-state index in [1.165, 1.54) is 44.9 Å². The van der Waals surface area contributed by atoms with E-state index in [-0.39, 0.29) is 37.5 Å². The maximum Gasteiger partial charge on any atom is 0.306 e. The van der Waals surface area contributed by atoms with E-state index in [1.54, 1.807) is 0 Å². The molecule has 0 rings (SSSR count). The van der Waals surface area contributed by atoms with Crippen LogP contribution in [0.2, 0.25) is 0 Å². The summed E-state index contributed by atoms with van der Waals surface area (Å²) >= 11 is 0. The fourth-order valence-electron chi connectivity index (χ4n) is 7.68. The van der Waals surface area contributed by atoms with Gasteiger partial charge < -0.3 is 14.2 Å². The van der Waals surface area contributed by atoms with Crippen LogP contribution in [0.15, 0.2) is 146 Å². The van der Waals surface area contributed by atoms with E-state index >= 15 is 0 Å². The average molecular weight is 1020 g/mol. The van der Waals surface area contributed by atoms with Gasteiger partial charge in [0, 0.05) is 19.3 Å². The summed E-state index contributed by atoms with van der Waals surface area (Å²) in [6, 6.07) is 0. The predicted molar refractivity (Wildman–Crippen MR) is 320 cm³/mol. The Labute approximate surface area is 455 Å². The zero-order valence-electron chi connectivity index (χ0n) is 47.5. The van der Waals surface area contributed by atoms with E-state index in [1.807, 2.05) is 0 Å². The number of rotatable bonds is 52. The Balaban J connectivity index is 4.35. The van der Waals surface area contributed by atoms with Crippen molar-refractivity contribution in [2.24, 2.45) is 0 Å². The van der Waals surface area contributed by atoms with Gasteiger partial charge in [-0.05, 0) is 122 Å². The molecule has 0 bridgehead atoms. The molecule has 0 saturated heterocycles. The maximum atomic E-state index is 12.8. The Morgan fingerprint density at radius 1 is 0.284 bits per heavy atom. The van der Waals surface area contributed by atoms with Crippen LogP contribution in [-0.2, 0) is 28.6 Å². The standard InChI is InChI=1S/C68H108O6/c1-4-7-10-13-16-19-21-23-25-27-29-31-33-34-36-37-39-41-43-45-47-49-52-55-58-61-67(70)73-64-65(63-72-66(69)60-57-54-51-18-15-12-9-6-3)74-68(71)62-59-56-53-50-48-46-44-42-40-38-35-32-30-28-26-24-22-20-17-14-11-8-5-2/h7-8,10-11,16-17,19-20,23-26,29-32,34,36,38-41,44,46,65H,4-6,9,12-15,18,21-22,27-28,33,35,37,42-43,45,47-64H2,1-3H3/b10-7-,11-8-,19-16-,20-17-,25-23-,26-24-,31-29-,32-30-,36-34-,40-38-,41-39-,46-44-. The van der Waals surface area contributed by atoms with Crippen molar-refractivity contribution in [1.29, 1.82) is 0 Å². The van der Waals surface area contributed by atoms with E-state index in [0.29, 0.717) is 12.8 Å². The molecule has 416 valence electrons. The predicted octanol–water partition coefficient (Wildman–Crippen LogP) is 20.4. The van der Waals surface area contributed by atoms with Crippen LogP contribution >= 0.6 is 0 Å². The number of allylic oxidation sites excluding steroid dienone is 24. The first-order chi connectivity index (χ1) is 36.5. The summed E-state index contributed by atoms with van der Waals surface area (Å²) < 4.78 is 16.8. The normalized spacial score (nSPS) is 13.2. The number of carbonyl (C=O) groups is 3. The molecule has 0 heterocycles. The second kappa shape index (κ2) is 60.8. The van der Waals surface area contributed by atoms with Gasteiger partial charge in [-0.1, -0.05) is 250 Å². The van der Waals surface area contributed by atoms with Gasteiger partial charge in [0.1, 0.15) is 13.2 Å². The molecule has 1 atom stereocenters. The van der Waals surface area contributed by atoms with Gasteiger partial charge in [-0.3, -0.25) is 14.4 Å². The Morgan fingerprint density at radius 3 is 0.824 bits per heavy atom. The highest BCUT2D eigenvalue weighted by Crippen LogP contribution is 2.14. The van der Waals surface area contributed by atoms with E-state index in [9.17, 15) is 14.4 Å². The lowest BCUT2D eigenvalue weighted by molar-refractivity contribution is -0.167. The average Bonchev–Trinajstić information content (AvgIpc) is 3.40. The van der Waals surface area contributed by atoms with E-state index in [0.717, 1.165) is 161 Å². The van der Waals surface area contributed by atoms with Crippen molar-refractivity contribution in [3.05, 3.63) is 146 Å². The van der Waals surface area contributed by atoms with Gasteiger partial charge in [0.15, 0.2) is 6.10 Å². The second-order valence-electron chi connectivity index (χ2n) is 19.1. The molecular weight excluding hydrogens is 913 g/mol. The third-order valence-electron chi connectivity index (χ3n) is 12.1. The molecule has 0 saturated carbocycles. The lowest BCUT2D eigenvalue weighted by Crippen LogP contribution is -2.30. The van der Waals surface area contributed by atoms with E-state index < -0.39 is 6.10 Å². The van der Waals surface area contributed by atoms with Crippen molar-refractivity contribution in [3.8, 4) is 0 Å². The molecule has 0 fully saturated rings. The Morgan fingerprint density at radius 2 is 0.527 bits per heavy atom. The highest BCUT2D eigenvalue weighted by atomic mass is 16.6. The van der Waals surface area contributed by atoms with Crippen LogP contribution in [0.5, 0.6) is 0 Å². The van der Waals surface area contributed by atoms with Gasteiger partial charge in [0.2, 0.25) is 0 Å². The van der Waals surface area contributed by atoms with Crippen molar-refractivity contribution < 1.29 is 28.6 Å². The van der Waals surface area contributed by atoms with Crippen LogP contribution in [0.25, 0.3) is 0 Å². The van der Waals surface area contributed by atoms with Crippen molar-refractivity contribution in [3.63, 3.8) is 0 Å². The highest BCUT2D eigenvalue weighted by molar-refractivity contribution is 5.71. The third-order valence-corrected chi connectivity index (χ3v) is 12.1. The zero-order chi connectivity index (χ0) is 53.6. The van der Waals surface area contributed by atoms with E-state index in [4.69, 9.17) is 14.2 Å². The maximum absolute atomic E-state index is 12.8. The smallest absolute Gasteiger partial charge is 0.306 e. The molecular formula is C68H108O6. The Bertz CT molecular complexity index is 1640. The van der Waals surface area contributed by atoms with E-state index in [2.05, 4.69) is 167 Å². The second-order valence-corrected chi connectivity index (χ2v) is 19.1. The van der Waals surface area contributed by atoms with Crippen LogP contribution in [-0.4, -0.2) is 37.2 Å². The van der Waals surface area contributed by atoms with Gasteiger partial charge in [-0.2, -0.15) is 0 Å². The number of unbranched alkanes of at least 4 members (excludes halogenated alkanes) is 17. The van der Waals surface area contributed by atoms with Crippen molar-refractivity contribution in [2.45, 2.75) is 252 Å². The molecule has 0 spiro atoms. The molecule has 0 aromatic carbocycles. The Hall–Kier alpha value is -4.71. The molecule has 6 nitrogen and oxygen atoms in total. The monoisotopic (exact) mass is 1020 g/mol. The minimum atomic E-state index is -0.803. The number of hydrogen-bond donors (Lipinski definition) is 0. The molecule has 0 amide bonds.